The maximum atomic E-state index is 11.7. The summed E-state index contributed by atoms with van der Waals surface area (Å²) in [4.78, 5) is 11.7. The Hall–Kier alpha value is -0.0900. The van der Waals surface area contributed by atoms with Crippen molar-refractivity contribution >= 4 is 34.1 Å². The molecule has 16 heavy (non-hydrogen) atoms. The Kier molecular flexibility index (Phi) is 6.56. The molecule has 0 bridgehead atoms. The van der Waals surface area contributed by atoms with Gasteiger partial charge in [0.05, 0.1) is 10.8 Å². The Morgan fingerprint density at radius 2 is 1.88 bits per heavy atom. The number of rotatable bonds is 4. The summed E-state index contributed by atoms with van der Waals surface area (Å²) in [5, 5.41) is -0.188. The summed E-state index contributed by atoms with van der Waals surface area (Å²) < 4.78 is 5.92. The summed E-state index contributed by atoms with van der Waals surface area (Å²) in [5.74, 6) is 0.0680. The van der Waals surface area contributed by atoms with E-state index < -0.39 is 0 Å². The van der Waals surface area contributed by atoms with Crippen LogP contribution in [-0.2, 0) is 9.53 Å². The molecule has 0 saturated heterocycles. The Labute approximate surface area is 109 Å². The van der Waals surface area contributed by atoms with Gasteiger partial charge in [-0.25, -0.2) is 0 Å². The molecule has 1 atom stereocenters. The van der Waals surface area contributed by atoms with Crippen molar-refractivity contribution in [2.24, 2.45) is 11.3 Å². The Morgan fingerprint density at radius 3 is 2.19 bits per heavy atom. The summed E-state index contributed by atoms with van der Waals surface area (Å²) in [6, 6.07) is 0. The molecule has 0 saturated carbocycles. The minimum absolute atomic E-state index is 0.0559. The quantitative estimate of drug-likeness (QED) is 0.570. The van der Waals surface area contributed by atoms with E-state index in [9.17, 15) is 4.79 Å². The van der Waals surface area contributed by atoms with E-state index in [2.05, 4.69) is 20.8 Å². The molecule has 1 unspecified atom stereocenters. The summed E-state index contributed by atoms with van der Waals surface area (Å²) in [7, 11) is 0. The molecule has 0 aromatic rings. The second-order valence-corrected chi connectivity index (χ2v) is 6.89. The van der Waals surface area contributed by atoms with Crippen molar-refractivity contribution in [1.29, 1.82) is 0 Å². The van der Waals surface area contributed by atoms with Gasteiger partial charge in [-0.2, -0.15) is 0 Å². The lowest BCUT2D eigenvalue weighted by Crippen LogP contribution is -2.29. The lowest BCUT2D eigenvalue weighted by molar-refractivity contribution is -0.143. The second kappa shape index (κ2) is 6.60. The number of hydrogen-bond donors (Lipinski definition) is 0. The summed E-state index contributed by atoms with van der Waals surface area (Å²) in [6.07, 6.45) is 0. The van der Waals surface area contributed by atoms with Crippen LogP contribution in [0.25, 0.3) is 0 Å². The van der Waals surface area contributed by atoms with E-state index in [1.807, 2.05) is 20.8 Å². The van der Waals surface area contributed by atoms with Gasteiger partial charge in [-0.3, -0.25) is 4.79 Å². The number of carbonyl (C=O) groups is 1. The summed E-state index contributed by atoms with van der Waals surface area (Å²) in [6.45, 7) is 12.5. The zero-order valence-electron chi connectivity index (χ0n) is 11.0. The molecule has 0 amide bonds. The van der Waals surface area contributed by atoms with Crippen molar-refractivity contribution < 1.29 is 9.53 Å². The van der Waals surface area contributed by atoms with E-state index in [1.165, 1.54) is 11.8 Å². The van der Waals surface area contributed by atoms with Gasteiger partial charge in [0.15, 0.2) is 0 Å². The van der Waals surface area contributed by atoms with Gasteiger partial charge in [-0.1, -0.05) is 46.8 Å². The van der Waals surface area contributed by atoms with Gasteiger partial charge in [0.2, 0.25) is 0 Å². The van der Waals surface area contributed by atoms with Crippen molar-refractivity contribution in [1.82, 2.24) is 0 Å². The molecule has 0 heterocycles. The largest absolute Gasteiger partial charge is 0.465 e. The zero-order chi connectivity index (χ0) is 12.9. The van der Waals surface area contributed by atoms with E-state index in [0.29, 0.717) is 6.61 Å². The fraction of sp³-hybridized carbons (Fsp3) is 0.833. The van der Waals surface area contributed by atoms with Gasteiger partial charge >= 0.3 is 5.97 Å². The predicted octanol–water partition coefficient (Wildman–Crippen LogP) is 3.68. The predicted molar refractivity (Wildman–Crippen MR) is 74.9 cm³/mol. The molecule has 0 aromatic carbocycles. The normalized spacial score (nSPS) is 13.7. The Morgan fingerprint density at radius 1 is 1.38 bits per heavy atom. The Bertz CT molecular complexity index is 254. The topological polar surface area (TPSA) is 26.3 Å². The van der Waals surface area contributed by atoms with E-state index >= 15 is 0 Å². The van der Waals surface area contributed by atoms with Gasteiger partial charge < -0.3 is 4.74 Å². The monoisotopic (exact) mass is 262 g/mol. The smallest absolute Gasteiger partial charge is 0.319 e. The van der Waals surface area contributed by atoms with Crippen LogP contribution in [0.4, 0.5) is 0 Å². The van der Waals surface area contributed by atoms with Crippen molar-refractivity contribution in [3.05, 3.63) is 0 Å². The average molecular weight is 262 g/mol. The first-order valence-electron chi connectivity index (χ1n) is 5.57. The van der Waals surface area contributed by atoms with Crippen LogP contribution in [0.2, 0.25) is 0 Å². The molecule has 0 rings (SSSR count). The summed E-state index contributed by atoms with van der Waals surface area (Å²) >= 11 is 6.81. The molecule has 0 aliphatic heterocycles. The first-order valence-corrected chi connectivity index (χ1v) is 6.86. The highest BCUT2D eigenvalue weighted by Crippen LogP contribution is 2.31. The number of esters is 1. The van der Waals surface area contributed by atoms with Gasteiger partial charge in [0, 0.05) is 5.41 Å². The molecule has 0 aromatic heterocycles. The number of thioether (sulfide) groups is 1. The van der Waals surface area contributed by atoms with E-state index in [-0.39, 0.29) is 22.6 Å². The van der Waals surface area contributed by atoms with Crippen LogP contribution in [0.1, 0.15) is 41.5 Å². The molecule has 2 nitrogen and oxygen atoms in total. The molecule has 0 aliphatic rings. The lowest BCUT2D eigenvalue weighted by atomic mass is 10.0. The molecule has 94 valence electrons. The summed E-state index contributed by atoms with van der Waals surface area (Å²) in [5.41, 5.74) is -0.0559. The van der Waals surface area contributed by atoms with Crippen molar-refractivity contribution in [3.63, 3.8) is 0 Å². The fourth-order valence-electron chi connectivity index (χ4n) is 0.973. The van der Waals surface area contributed by atoms with Gasteiger partial charge in [0.1, 0.15) is 5.25 Å². The highest BCUT2D eigenvalue weighted by molar-refractivity contribution is 8.24. The number of ether oxygens (including phenoxy) is 1. The number of hydrogen-bond acceptors (Lipinski definition) is 4. The third-order valence-corrected chi connectivity index (χ3v) is 4.69. The maximum Gasteiger partial charge on any atom is 0.319 e. The SMILES string of the molecule is CCOC(=O)C(SC(=S)C(C)(C)C)C(C)C. The van der Waals surface area contributed by atoms with Gasteiger partial charge in [0.25, 0.3) is 0 Å². The number of carbonyl (C=O) groups excluding carboxylic acids is 1. The minimum atomic E-state index is -0.188. The van der Waals surface area contributed by atoms with Crippen LogP contribution in [0, 0.1) is 11.3 Å². The van der Waals surface area contributed by atoms with Crippen LogP contribution in [0.3, 0.4) is 0 Å². The lowest BCUT2D eigenvalue weighted by Gasteiger charge is -2.24. The number of thiocarbonyl (C=S) groups is 1. The average Bonchev–Trinajstić information content (AvgIpc) is 2.11. The van der Waals surface area contributed by atoms with Gasteiger partial charge in [-0.15, -0.1) is 11.8 Å². The molecule has 0 aliphatic carbocycles. The molecular formula is C12H22O2S2. The fourth-order valence-corrected chi connectivity index (χ4v) is 2.30. The Balaban J connectivity index is 4.59. The van der Waals surface area contributed by atoms with E-state index in [1.54, 1.807) is 0 Å². The molecule has 0 spiro atoms. The van der Waals surface area contributed by atoms with E-state index in [0.717, 1.165) is 4.20 Å². The van der Waals surface area contributed by atoms with Crippen molar-refractivity contribution in [3.8, 4) is 0 Å². The second-order valence-electron chi connectivity index (χ2n) is 5.07. The third kappa shape index (κ3) is 5.30. The van der Waals surface area contributed by atoms with Crippen molar-refractivity contribution in [2.75, 3.05) is 6.61 Å². The maximum absolute atomic E-state index is 11.7. The first kappa shape index (κ1) is 15.9. The van der Waals surface area contributed by atoms with Crippen LogP contribution in [-0.4, -0.2) is 22.0 Å². The minimum Gasteiger partial charge on any atom is -0.465 e. The van der Waals surface area contributed by atoms with Crippen LogP contribution in [0.15, 0.2) is 0 Å². The van der Waals surface area contributed by atoms with Crippen LogP contribution < -0.4 is 0 Å². The highest BCUT2D eigenvalue weighted by atomic mass is 32.2. The molecule has 4 heteroatoms. The van der Waals surface area contributed by atoms with Crippen LogP contribution >= 0.6 is 24.0 Å². The van der Waals surface area contributed by atoms with Gasteiger partial charge in [-0.05, 0) is 12.8 Å². The third-order valence-electron chi connectivity index (χ3n) is 1.97. The standard InChI is InChI=1S/C12H22O2S2/c1-7-14-10(13)9(8(2)3)16-11(15)12(4,5)6/h8-9H,7H2,1-6H3. The molecule has 0 fully saturated rings. The van der Waals surface area contributed by atoms with Crippen molar-refractivity contribution in [2.45, 2.75) is 46.8 Å². The first-order chi connectivity index (χ1) is 7.20. The van der Waals surface area contributed by atoms with E-state index in [4.69, 9.17) is 17.0 Å². The molecular weight excluding hydrogens is 240 g/mol. The molecule has 0 N–H and O–H groups in total. The zero-order valence-corrected chi connectivity index (χ0v) is 12.6. The molecule has 0 radical (unpaired) electrons. The highest BCUT2D eigenvalue weighted by Gasteiger charge is 2.29. The van der Waals surface area contributed by atoms with Crippen LogP contribution in [0.5, 0.6) is 0 Å².